The van der Waals surface area contributed by atoms with E-state index in [9.17, 15) is 18.0 Å². The van der Waals surface area contributed by atoms with Crippen molar-refractivity contribution < 1.29 is 22.7 Å². The molecule has 3 aromatic rings. The molecule has 1 N–H and O–H groups in total. The van der Waals surface area contributed by atoms with Gasteiger partial charge in [-0.3, -0.25) is 9.59 Å². The van der Waals surface area contributed by atoms with Crippen molar-refractivity contribution in [3.05, 3.63) is 83.4 Å². The third-order valence-electron chi connectivity index (χ3n) is 5.12. The third kappa shape index (κ3) is 4.58. The summed E-state index contributed by atoms with van der Waals surface area (Å²) in [6, 6.07) is 20.1. The van der Waals surface area contributed by atoms with Gasteiger partial charge in [-0.15, -0.1) is 0 Å². The molecule has 0 radical (unpaired) electrons. The maximum Gasteiger partial charge on any atom is 0.257 e. The summed E-state index contributed by atoms with van der Waals surface area (Å²) in [5, 5.41) is 2.86. The predicted molar refractivity (Wildman–Crippen MR) is 127 cm³/mol. The number of amides is 2. The van der Waals surface area contributed by atoms with Gasteiger partial charge in [0.2, 0.25) is 15.9 Å². The first-order valence-electron chi connectivity index (χ1n) is 10.1. The summed E-state index contributed by atoms with van der Waals surface area (Å²) in [6.45, 7) is 3.14. The zero-order chi connectivity index (χ0) is 23.8. The number of rotatable bonds is 5. The molecule has 1 aliphatic heterocycles. The van der Waals surface area contributed by atoms with Crippen molar-refractivity contribution in [2.24, 2.45) is 5.41 Å². The predicted octanol–water partition coefficient (Wildman–Crippen LogP) is 5.09. The fraction of sp³-hybridized carbons (Fsp3) is 0.167. The SMILES string of the molecule is CC1(C)CS(=O)(=O)N(c2ccc(Cl)c(C(=O)Nc3ccccc3Oc3ccccc3)c2)C1=O. The van der Waals surface area contributed by atoms with E-state index in [0.717, 1.165) is 4.31 Å². The number of para-hydroxylation sites is 3. The number of benzene rings is 3. The average molecular weight is 485 g/mol. The number of anilines is 2. The lowest BCUT2D eigenvalue weighted by Gasteiger charge is -2.19. The fourth-order valence-corrected chi connectivity index (χ4v) is 5.84. The minimum atomic E-state index is -3.86. The summed E-state index contributed by atoms with van der Waals surface area (Å²) >= 11 is 6.25. The van der Waals surface area contributed by atoms with Gasteiger partial charge in [-0.25, -0.2) is 12.7 Å². The van der Waals surface area contributed by atoms with Crippen LogP contribution in [0.2, 0.25) is 5.02 Å². The number of carbonyl (C=O) groups is 2. The van der Waals surface area contributed by atoms with Crippen LogP contribution >= 0.6 is 11.6 Å². The molecule has 1 heterocycles. The molecule has 1 saturated heterocycles. The standard InChI is InChI=1S/C24H21ClN2O5S/c1-24(2)15-33(30,31)27(23(24)29)16-12-13-19(25)18(14-16)22(28)26-20-10-6-7-11-21(20)32-17-8-4-3-5-9-17/h3-14H,15H2,1-2H3,(H,26,28). The zero-order valence-corrected chi connectivity index (χ0v) is 19.5. The molecule has 0 spiro atoms. The lowest BCUT2D eigenvalue weighted by Crippen LogP contribution is -2.33. The molecule has 0 aliphatic carbocycles. The molecular formula is C24H21ClN2O5S. The highest BCUT2D eigenvalue weighted by molar-refractivity contribution is 7.94. The van der Waals surface area contributed by atoms with Crippen molar-refractivity contribution in [2.75, 3.05) is 15.4 Å². The number of hydrogen-bond donors (Lipinski definition) is 1. The monoisotopic (exact) mass is 484 g/mol. The van der Waals surface area contributed by atoms with Crippen molar-refractivity contribution in [3.8, 4) is 11.5 Å². The summed E-state index contributed by atoms with van der Waals surface area (Å²) in [5.41, 5.74) is -0.571. The second-order valence-corrected chi connectivity index (χ2v) is 10.5. The molecule has 4 rings (SSSR count). The number of ether oxygens (including phenoxy) is 1. The third-order valence-corrected chi connectivity index (χ3v) is 7.47. The lowest BCUT2D eigenvalue weighted by atomic mass is 9.95. The maximum atomic E-state index is 13.1. The summed E-state index contributed by atoms with van der Waals surface area (Å²) in [5.74, 6) is -0.428. The van der Waals surface area contributed by atoms with Gasteiger partial charge in [0, 0.05) is 0 Å². The van der Waals surface area contributed by atoms with E-state index in [1.807, 2.05) is 18.2 Å². The Balaban J connectivity index is 1.64. The Morgan fingerprint density at radius 3 is 2.36 bits per heavy atom. The van der Waals surface area contributed by atoms with E-state index < -0.39 is 27.3 Å². The summed E-state index contributed by atoms with van der Waals surface area (Å²) in [7, 11) is -3.86. The Morgan fingerprint density at radius 2 is 1.70 bits per heavy atom. The van der Waals surface area contributed by atoms with Crippen LogP contribution in [0.4, 0.5) is 11.4 Å². The van der Waals surface area contributed by atoms with Crippen LogP contribution in [-0.4, -0.2) is 26.0 Å². The molecule has 9 heteroatoms. The molecule has 33 heavy (non-hydrogen) atoms. The second-order valence-electron chi connectivity index (χ2n) is 8.24. The van der Waals surface area contributed by atoms with Gasteiger partial charge in [-0.2, -0.15) is 0 Å². The minimum absolute atomic E-state index is 0.0244. The first-order chi connectivity index (χ1) is 15.6. The quantitative estimate of drug-likeness (QED) is 0.544. The number of nitrogens with zero attached hydrogens (tertiary/aromatic N) is 1. The summed E-state index contributed by atoms with van der Waals surface area (Å²) in [4.78, 5) is 25.8. The van der Waals surface area contributed by atoms with Crippen molar-refractivity contribution >= 4 is 44.8 Å². The van der Waals surface area contributed by atoms with E-state index in [4.69, 9.17) is 16.3 Å². The van der Waals surface area contributed by atoms with Gasteiger partial charge in [-0.1, -0.05) is 41.9 Å². The average Bonchev–Trinajstić information content (AvgIpc) is 2.93. The molecule has 2 amide bonds. The van der Waals surface area contributed by atoms with Crippen molar-refractivity contribution in [1.29, 1.82) is 0 Å². The highest BCUT2D eigenvalue weighted by Crippen LogP contribution is 2.37. The Labute approximate surface area is 197 Å². The molecule has 7 nitrogen and oxygen atoms in total. The molecule has 170 valence electrons. The molecule has 1 fully saturated rings. The number of hydrogen-bond acceptors (Lipinski definition) is 5. The van der Waals surface area contributed by atoms with Gasteiger partial charge in [0.25, 0.3) is 5.91 Å². The topological polar surface area (TPSA) is 92.8 Å². The van der Waals surface area contributed by atoms with Crippen LogP contribution in [0.25, 0.3) is 0 Å². The zero-order valence-electron chi connectivity index (χ0n) is 17.9. The lowest BCUT2D eigenvalue weighted by molar-refractivity contribution is -0.123. The Kier molecular flexibility index (Phi) is 5.90. The molecule has 1 aliphatic rings. The Hall–Kier alpha value is -3.36. The number of carbonyl (C=O) groups excluding carboxylic acids is 2. The fourth-order valence-electron chi connectivity index (χ4n) is 3.54. The van der Waals surface area contributed by atoms with Crippen LogP contribution < -0.4 is 14.4 Å². The van der Waals surface area contributed by atoms with Gasteiger partial charge in [0.15, 0.2) is 5.75 Å². The maximum absolute atomic E-state index is 13.1. The largest absolute Gasteiger partial charge is 0.455 e. The summed E-state index contributed by atoms with van der Waals surface area (Å²) in [6.07, 6.45) is 0. The number of nitrogens with one attached hydrogen (secondary N) is 1. The molecule has 0 bridgehead atoms. The molecule has 0 saturated carbocycles. The molecule has 0 unspecified atom stereocenters. The van der Waals surface area contributed by atoms with E-state index in [2.05, 4.69) is 5.32 Å². The van der Waals surface area contributed by atoms with Gasteiger partial charge >= 0.3 is 0 Å². The van der Waals surface area contributed by atoms with E-state index in [-0.39, 0.29) is 22.0 Å². The van der Waals surface area contributed by atoms with E-state index in [1.165, 1.54) is 18.2 Å². The highest BCUT2D eigenvalue weighted by atomic mass is 35.5. The molecule has 0 atom stereocenters. The van der Waals surface area contributed by atoms with Gasteiger partial charge in [0.1, 0.15) is 5.75 Å². The summed E-state index contributed by atoms with van der Waals surface area (Å²) < 4.78 is 31.8. The van der Waals surface area contributed by atoms with Crippen molar-refractivity contribution in [3.63, 3.8) is 0 Å². The first kappa shape index (κ1) is 22.8. The van der Waals surface area contributed by atoms with Crippen LogP contribution in [0.5, 0.6) is 11.5 Å². The van der Waals surface area contributed by atoms with Crippen LogP contribution in [0.15, 0.2) is 72.8 Å². The molecular weight excluding hydrogens is 464 g/mol. The Morgan fingerprint density at radius 1 is 1.03 bits per heavy atom. The van der Waals surface area contributed by atoms with E-state index in [0.29, 0.717) is 17.2 Å². The van der Waals surface area contributed by atoms with Gasteiger partial charge in [0.05, 0.1) is 33.1 Å². The Bertz CT molecular complexity index is 1340. The van der Waals surface area contributed by atoms with Crippen LogP contribution in [-0.2, 0) is 14.8 Å². The van der Waals surface area contributed by atoms with E-state index >= 15 is 0 Å². The molecule has 3 aromatic carbocycles. The highest BCUT2D eigenvalue weighted by Gasteiger charge is 2.50. The number of halogens is 1. The second kappa shape index (κ2) is 8.53. The van der Waals surface area contributed by atoms with E-state index in [1.54, 1.807) is 50.2 Å². The van der Waals surface area contributed by atoms with Crippen LogP contribution in [0.3, 0.4) is 0 Å². The van der Waals surface area contributed by atoms with Crippen LogP contribution in [0, 0.1) is 5.41 Å². The molecule has 0 aromatic heterocycles. The first-order valence-corrected chi connectivity index (χ1v) is 12.1. The van der Waals surface area contributed by atoms with Crippen LogP contribution in [0.1, 0.15) is 24.2 Å². The number of sulfonamides is 1. The van der Waals surface area contributed by atoms with Gasteiger partial charge < -0.3 is 10.1 Å². The smallest absolute Gasteiger partial charge is 0.257 e. The van der Waals surface area contributed by atoms with Crippen molar-refractivity contribution in [1.82, 2.24) is 0 Å². The van der Waals surface area contributed by atoms with Gasteiger partial charge in [-0.05, 0) is 56.3 Å². The minimum Gasteiger partial charge on any atom is -0.455 e. The van der Waals surface area contributed by atoms with Crippen molar-refractivity contribution in [2.45, 2.75) is 13.8 Å². The normalized spacial score (nSPS) is 16.5.